The van der Waals surface area contributed by atoms with Gasteiger partial charge in [-0.3, -0.25) is 14.9 Å². The lowest BCUT2D eigenvalue weighted by atomic mass is 10.1. The van der Waals surface area contributed by atoms with Crippen molar-refractivity contribution < 1.29 is 9.59 Å². The molecule has 9 heavy (non-hydrogen) atoms. The summed E-state index contributed by atoms with van der Waals surface area (Å²) in [6.07, 6.45) is 0.189. The minimum Gasteiger partial charge on any atom is -0.295 e. The van der Waals surface area contributed by atoms with Crippen LogP contribution in [0.3, 0.4) is 0 Å². The Kier molecular flexibility index (Phi) is 1.27. The quantitative estimate of drug-likeness (QED) is 0.364. The number of hydrogen-bond donors (Lipinski definition) is 2. The molecule has 1 unspecified atom stereocenters. The molecule has 0 bridgehead atoms. The molecule has 1 atom stereocenters. The molecule has 1 rings (SSSR count). The van der Waals surface area contributed by atoms with Crippen molar-refractivity contribution in [3.63, 3.8) is 0 Å². The Morgan fingerprint density at radius 1 is 1.67 bits per heavy atom. The molecule has 2 amide bonds. The van der Waals surface area contributed by atoms with E-state index >= 15 is 0 Å². The molecule has 0 saturated carbocycles. The molecule has 1 saturated heterocycles. The Morgan fingerprint density at radius 2 is 2.22 bits per heavy atom. The molecule has 4 heteroatoms. The fourth-order valence-corrected chi connectivity index (χ4v) is 0.898. The topological polar surface area (TPSA) is 46.2 Å². The second-order valence-corrected chi connectivity index (χ2v) is 3.31. The third-order valence-electron chi connectivity index (χ3n) is 1.25. The van der Waals surface area contributed by atoms with Gasteiger partial charge in [0.1, 0.15) is 0 Å². The Balaban J connectivity index is 2.81. The molecule has 0 aliphatic carbocycles. The summed E-state index contributed by atoms with van der Waals surface area (Å²) in [5, 5.41) is 2.15. The molecule has 0 aromatic rings. The Labute approximate surface area is 58.2 Å². The van der Waals surface area contributed by atoms with Crippen LogP contribution in [0.5, 0.6) is 0 Å². The Morgan fingerprint density at radius 3 is 2.33 bits per heavy atom. The molecule has 50 valence electrons. The molecule has 3 nitrogen and oxygen atoms in total. The number of imide groups is 1. The van der Waals surface area contributed by atoms with Gasteiger partial charge in [0, 0.05) is 0 Å². The van der Waals surface area contributed by atoms with Gasteiger partial charge in [0.05, 0.1) is 11.2 Å². The van der Waals surface area contributed by atoms with E-state index in [0.717, 1.165) is 0 Å². The summed E-state index contributed by atoms with van der Waals surface area (Å²) < 4.78 is -0.781. The monoisotopic (exact) mass is 145 g/mol. The number of hydrogen-bond acceptors (Lipinski definition) is 3. The number of thiol groups is 1. The standard InChI is InChI=1S/C5H7NO2S/c1-5(9)2-3(7)6-4(5)8/h9H,2H2,1H3,(H,6,7,8). The average molecular weight is 145 g/mol. The van der Waals surface area contributed by atoms with Crippen LogP contribution in [-0.2, 0) is 9.59 Å². The van der Waals surface area contributed by atoms with Gasteiger partial charge in [0.15, 0.2) is 0 Å². The van der Waals surface area contributed by atoms with Crippen molar-refractivity contribution in [3.05, 3.63) is 0 Å². The highest BCUT2D eigenvalue weighted by molar-refractivity contribution is 7.82. The maximum atomic E-state index is 10.7. The van der Waals surface area contributed by atoms with Crippen LogP contribution in [-0.4, -0.2) is 16.6 Å². The summed E-state index contributed by atoms with van der Waals surface area (Å²) in [6.45, 7) is 1.62. The van der Waals surface area contributed by atoms with Crippen molar-refractivity contribution in [2.24, 2.45) is 0 Å². The number of amides is 2. The number of carbonyl (C=O) groups is 2. The van der Waals surface area contributed by atoms with Gasteiger partial charge in [-0.1, -0.05) is 0 Å². The molecule has 1 N–H and O–H groups in total. The first-order valence-electron chi connectivity index (χ1n) is 2.59. The zero-order chi connectivity index (χ0) is 7.07. The highest BCUT2D eigenvalue weighted by atomic mass is 32.1. The summed E-state index contributed by atoms with van der Waals surface area (Å²) in [6, 6.07) is 0. The summed E-state index contributed by atoms with van der Waals surface area (Å²) in [5.41, 5.74) is 0. The summed E-state index contributed by atoms with van der Waals surface area (Å²) in [5.74, 6) is -0.534. The van der Waals surface area contributed by atoms with Crippen LogP contribution >= 0.6 is 12.6 Å². The van der Waals surface area contributed by atoms with Crippen LogP contribution in [0.25, 0.3) is 0 Å². The molecule has 0 aromatic carbocycles. The molecule has 0 aromatic heterocycles. The molecule has 0 spiro atoms. The van der Waals surface area contributed by atoms with Gasteiger partial charge in [-0.15, -0.1) is 0 Å². The van der Waals surface area contributed by atoms with Gasteiger partial charge < -0.3 is 0 Å². The fraction of sp³-hybridized carbons (Fsp3) is 0.600. The largest absolute Gasteiger partial charge is 0.295 e. The van der Waals surface area contributed by atoms with E-state index in [4.69, 9.17) is 0 Å². The van der Waals surface area contributed by atoms with Crippen molar-refractivity contribution in [2.45, 2.75) is 18.1 Å². The van der Waals surface area contributed by atoms with E-state index in [9.17, 15) is 9.59 Å². The molecule has 1 aliphatic rings. The van der Waals surface area contributed by atoms with Gasteiger partial charge >= 0.3 is 0 Å². The predicted octanol–water partition coefficient (Wildman–Crippen LogP) is -0.279. The molecule has 1 aliphatic heterocycles. The zero-order valence-electron chi connectivity index (χ0n) is 4.97. The first kappa shape index (κ1) is 6.61. The number of rotatable bonds is 0. The third-order valence-corrected chi connectivity index (χ3v) is 1.61. The second kappa shape index (κ2) is 1.73. The van der Waals surface area contributed by atoms with Gasteiger partial charge in [-0.2, -0.15) is 12.6 Å². The van der Waals surface area contributed by atoms with E-state index in [1.165, 1.54) is 0 Å². The smallest absolute Gasteiger partial charge is 0.242 e. The molecule has 1 fully saturated rings. The molecule has 0 radical (unpaired) electrons. The van der Waals surface area contributed by atoms with Crippen molar-refractivity contribution >= 4 is 24.4 Å². The van der Waals surface area contributed by atoms with Crippen LogP contribution < -0.4 is 5.32 Å². The predicted molar refractivity (Wildman–Crippen MR) is 35.2 cm³/mol. The molecule has 1 heterocycles. The molecular weight excluding hydrogens is 138 g/mol. The minimum absolute atomic E-state index is 0.189. The van der Waals surface area contributed by atoms with E-state index < -0.39 is 4.75 Å². The van der Waals surface area contributed by atoms with Crippen molar-refractivity contribution in [3.8, 4) is 0 Å². The zero-order valence-corrected chi connectivity index (χ0v) is 5.87. The van der Waals surface area contributed by atoms with Crippen LogP contribution in [0.1, 0.15) is 13.3 Å². The minimum atomic E-state index is -0.781. The maximum absolute atomic E-state index is 10.7. The van der Waals surface area contributed by atoms with Crippen molar-refractivity contribution in [1.29, 1.82) is 0 Å². The van der Waals surface area contributed by atoms with E-state index in [1.54, 1.807) is 6.92 Å². The summed E-state index contributed by atoms with van der Waals surface area (Å²) >= 11 is 3.97. The van der Waals surface area contributed by atoms with E-state index in [-0.39, 0.29) is 18.2 Å². The Hall–Kier alpha value is -0.510. The fourth-order valence-electron chi connectivity index (χ4n) is 0.698. The van der Waals surface area contributed by atoms with Gasteiger partial charge in [0.25, 0.3) is 0 Å². The highest BCUT2D eigenvalue weighted by Crippen LogP contribution is 2.22. The lowest BCUT2D eigenvalue weighted by molar-refractivity contribution is -0.125. The summed E-state index contributed by atoms with van der Waals surface area (Å²) in [7, 11) is 0. The SMILES string of the molecule is CC1(S)CC(=O)NC1=O. The summed E-state index contributed by atoms with van der Waals surface area (Å²) in [4.78, 5) is 21.2. The van der Waals surface area contributed by atoms with Gasteiger partial charge in [-0.05, 0) is 6.92 Å². The van der Waals surface area contributed by atoms with Gasteiger partial charge in [-0.25, -0.2) is 0 Å². The van der Waals surface area contributed by atoms with Crippen LogP contribution in [0.4, 0.5) is 0 Å². The number of nitrogens with one attached hydrogen (secondary N) is 1. The normalized spacial score (nSPS) is 34.9. The Bertz CT molecular complexity index is 176. The third kappa shape index (κ3) is 1.08. The highest BCUT2D eigenvalue weighted by Gasteiger charge is 2.38. The maximum Gasteiger partial charge on any atom is 0.242 e. The van der Waals surface area contributed by atoms with Crippen molar-refractivity contribution in [1.82, 2.24) is 5.32 Å². The lowest BCUT2D eigenvalue weighted by Crippen LogP contribution is -2.29. The second-order valence-electron chi connectivity index (χ2n) is 2.33. The first-order chi connectivity index (χ1) is 4.02. The average Bonchev–Trinajstić information content (AvgIpc) is 1.79. The first-order valence-corrected chi connectivity index (χ1v) is 3.04. The van der Waals surface area contributed by atoms with E-state index in [1.807, 2.05) is 0 Å². The van der Waals surface area contributed by atoms with E-state index in [2.05, 4.69) is 17.9 Å². The van der Waals surface area contributed by atoms with E-state index in [0.29, 0.717) is 0 Å². The lowest BCUT2D eigenvalue weighted by Gasteiger charge is -2.07. The van der Waals surface area contributed by atoms with Crippen LogP contribution in [0.2, 0.25) is 0 Å². The van der Waals surface area contributed by atoms with Gasteiger partial charge in [0.2, 0.25) is 11.8 Å². The van der Waals surface area contributed by atoms with Crippen molar-refractivity contribution in [2.75, 3.05) is 0 Å². The van der Waals surface area contributed by atoms with Crippen LogP contribution in [0, 0.1) is 0 Å². The van der Waals surface area contributed by atoms with Crippen LogP contribution in [0.15, 0.2) is 0 Å². The number of carbonyl (C=O) groups excluding carboxylic acids is 2. The molecular formula is C5H7NO2S.